The molecular weight excluding hydrogens is 272 g/mol. The van der Waals surface area contributed by atoms with Gasteiger partial charge >= 0.3 is 0 Å². The van der Waals surface area contributed by atoms with Crippen molar-refractivity contribution in [1.29, 1.82) is 0 Å². The summed E-state index contributed by atoms with van der Waals surface area (Å²) in [6.07, 6.45) is 3.40. The molecule has 0 fully saturated rings. The van der Waals surface area contributed by atoms with E-state index in [0.717, 1.165) is 29.4 Å². The molecule has 3 heteroatoms. The number of benzene rings is 2. The monoisotopic (exact) mass is 290 g/mol. The normalized spacial score (nSPS) is 17.2. The van der Waals surface area contributed by atoms with Crippen LogP contribution in [-0.2, 0) is 6.42 Å². The summed E-state index contributed by atoms with van der Waals surface area (Å²) in [6.45, 7) is 0. The van der Waals surface area contributed by atoms with Gasteiger partial charge in [0.1, 0.15) is 5.82 Å². The highest BCUT2D eigenvalue weighted by atomic mass is 16.1. The number of pyridine rings is 1. The molecule has 3 nitrogen and oxygen atoms in total. The fraction of sp³-hybridized carbons (Fsp3) is 0.211. The Morgan fingerprint density at radius 1 is 1.05 bits per heavy atom. The lowest BCUT2D eigenvalue weighted by molar-refractivity contribution is 0.598. The zero-order valence-electron chi connectivity index (χ0n) is 12.3. The minimum absolute atomic E-state index is 0.0373. The molecule has 3 aromatic rings. The van der Waals surface area contributed by atoms with Gasteiger partial charge in [0.25, 0.3) is 5.56 Å². The van der Waals surface area contributed by atoms with Gasteiger partial charge in [-0.05, 0) is 47.9 Å². The third-order valence-electron chi connectivity index (χ3n) is 4.45. The molecule has 4 rings (SSSR count). The van der Waals surface area contributed by atoms with E-state index in [-0.39, 0.29) is 11.6 Å². The molecule has 0 aliphatic heterocycles. The van der Waals surface area contributed by atoms with Crippen LogP contribution in [0.4, 0.5) is 5.82 Å². The number of nitrogens with one attached hydrogen (secondary N) is 2. The van der Waals surface area contributed by atoms with Crippen LogP contribution in [0, 0.1) is 0 Å². The van der Waals surface area contributed by atoms with E-state index in [9.17, 15) is 4.79 Å². The molecule has 0 saturated carbocycles. The predicted molar refractivity (Wildman–Crippen MR) is 90.3 cm³/mol. The number of H-pyrrole nitrogens is 1. The van der Waals surface area contributed by atoms with Crippen molar-refractivity contribution in [2.45, 2.75) is 25.3 Å². The molecule has 0 saturated heterocycles. The zero-order valence-corrected chi connectivity index (χ0v) is 12.3. The number of aryl methyl sites for hydroxylation is 1. The third kappa shape index (κ3) is 2.29. The first kappa shape index (κ1) is 13.1. The van der Waals surface area contributed by atoms with Crippen LogP contribution in [0.15, 0.2) is 59.4 Å². The van der Waals surface area contributed by atoms with Crippen molar-refractivity contribution in [2.24, 2.45) is 0 Å². The van der Waals surface area contributed by atoms with E-state index in [4.69, 9.17) is 0 Å². The van der Waals surface area contributed by atoms with Crippen LogP contribution >= 0.6 is 0 Å². The number of fused-ring (bicyclic) bond motifs is 2. The molecule has 1 heterocycles. The maximum Gasteiger partial charge on any atom is 0.257 e. The lowest BCUT2D eigenvalue weighted by Crippen LogP contribution is -2.19. The second-order valence-electron chi connectivity index (χ2n) is 5.89. The van der Waals surface area contributed by atoms with Gasteiger partial charge in [-0.25, -0.2) is 0 Å². The van der Waals surface area contributed by atoms with E-state index in [1.807, 2.05) is 30.3 Å². The van der Waals surface area contributed by atoms with Crippen LogP contribution in [-0.4, -0.2) is 4.98 Å². The van der Waals surface area contributed by atoms with Crippen LogP contribution in [0.1, 0.15) is 30.0 Å². The van der Waals surface area contributed by atoms with Gasteiger partial charge < -0.3 is 10.3 Å². The summed E-state index contributed by atoms with van der Waals surface area (Å²) in [5, 5.41) is 5.22. The van der Waals surface area contributed by atoms with E-state index in [1.54, 1.807) is 0 Å². The maximum absolute atomic E-state index is 12.2. The van der Waals surface area contributed by atoms with Gasteiger partial charge in [0.15, 0.2) is 0 Å². The van der Waals surface area contributed by atoms with Crippen molar-refractivity contribution in [2.75, 3.05) is 5.32 Å². The number of rotatable bonds is 2. The first-order valence-corrected chi connectivity index (χ1v) is 7.78. The highest BCUT2D eigenvalue weighted by Gasteiger charge is 2.19. The van der Waals surface area contributed by atoms with Gasteiger partial charge in [0.05, 0.1) is 6.04 Å². The average Bonchev–Trinajstić information content (AvgIpc) is 2.55. The SMILES string of the molecule is O=c1[nH]c(NC2CCCc3ccccc32)cc2ccccc12. The smallest absolute Gasteiger partial charge is 0.257 e. The van der Waals surface area contributed by atoms with Crippen molar-refractivity contribution < 1.29 is 0 Å². The standard InChI is InChI=1S/C19H18N2O/c22-19-16-10-4-2-7-14(16)12-18(21-19)20-17-11-5-8-13-6-1-3-9-15(13)17/h1-4,6-7,9-10,12,17H,5,8,11H2,(H2,20,21,22). The van der Waals surface area contributed by atoms with Crippen molar-refractivity contribution in [3.8, 4) is 0 Å². The Morgan fingerprint density at radius 2 is 1.86 bits per heavy atom. The van der Waals surface area contributed by atoms with Crippen LogP contribution in [0.3, 0.4) is 0 Å². The Morgan fingerprint density at radius 3 is 2.82 bits per heavy atom. The first-order valence-electron chi connectivity index (χ1n) is 7.78. The quantitative estimate of drug-likeness (QED) is 0.749. The van der Waals surface area contributed by atoms with E-state index in [1.165, 1.54) is 17.5 Å². The maximum atomic E-state index is 12.2. The summed E-state index contributed by atoms with van der Waals surface area (Å²) >= 11 is 0. The van der Waals surface area contributed by atoms with Gasteiger partial charge in [-0.2, -0.15) is 0 Å². The minimum atomic E-state index is -0.0373. The molecule has 2 aromatic carbocycles. The van der Waals surface area contributed by atoms with Gasteiger partial charge in [-0.15, -0.1) is 0 Å². The summed E-state index contributed by atoms with van der Waals surface area (Å²) < 4.78 is 0. The fourth-order valence-electron chi connectivity index (χ4n) is 3.38. The molecule has 0 spiro atoms. The van der Waals surface area contributed by atoms with Crippen LogP contribution in [0.2, 0.25) is 0 Å². The predicted octanol–water partition coefficient (Wildman–Crippen LogP) is 4.02. The molecule has 1 aliphatic rings. The molecule has 2 N–H and O–H groups in total. The van der Waals surface area contributed by atoms with Gasteiger partial charge in [-0.1, -0.05) is 42.5 Å². The number of aromatic nitrogens is 1. The molecule has 110 valence electrons. The van der Waals surface area contributed by atoms with Gasteiger partial charge in [0.2, 0.25) is 0 Å². The number of hydrogen-bond donors (Lipinski definition) is 2. The van der Waals surface area contributed by atoms with Gasteiger partial charge in [0, 0.05) is 5.39 Å². The molecule has 1 atom stereocenters. The fourth-order valence-corrected chi connectivity index (χ4v) is 3.38. The van der Waals surface area contributed by atoms with Crippen molar-refractivity contribution >= 4 is 16.6 Å². The Bertz CT molecular complexity index is 882. The Kier molecular flexibility index (Phi) is 3.19. The molecule has 1 aliphatic carbocycles. The van der Waals surface area contributed by atoms with Crippen molar-refractivity contribution in [1.82, 2.24) is 4.98 Å². The topological polar surface area (TPSA) is 44.9 Å². The summed E-state index contributed by atoms with van der Waals surface area (Å²) in [5.41, 5.74) is 2.72. The molecule has 22 heavy (non-hydrogen) atoms. The lowest BCUT2D eigenvalue weighted by Gasteiger charge is -2.27. The van der Waals surface area contributed by atoms with Crippen molar-refractivity contribution in [3.05, 3.63) is 76.1 Å². The van der Waals surface area contributed by atoms with Crippen LogP contribution in [0.25, 0.3) is 10.8 Å². The van der Waals surface area contributed by atoms with Crippen molar-refractivity contribution in [3.63, 3.8) is 0 Å². The summed E-state index contributed by atoms with van der Waals surface area (Å²) in [6, 6.07) is 18.5. The largest absolute Gasteiger partial charge is 0.365 e. The van der Waals surface area contributed by atoms with E-state index in [0.29, 0.717) is 0 Å². The van der Waals surface area contributed by atoms with Gasteiger partial charge in [-0.3, -0.25) is 4.79 Å². The average molecular weight is 290 g/mol. The highest BCUT2D eigenvalue weighted by molar-refractivity contribution is 5.83. The third-order valence-corrected chi connectivity index (χ3v) is 4.45. The number of aromatic amines is 1. The second kappa shape index (κ2) is 5.34. The molecule has 1 aromatic heterocycles. The summed E-state index contributed by atoms with van der Waals surface area (Å²) in [7, 11) is 0. The van der Waals surface area contributed by atoms with Crippen LogP contribution < -0.4 is 10.9 Å². The summed E-state index contributed by atoms with van der Waals surface area (Å²) in [4.78, 5) is 15.2. The molecule has 0 radical (unpaired) electrons. The van der Waals surface area contributed by atoms with E-state index in [2.05, 4.69) is 34.6 Å². The zero-order chi connectivity index (χ0) is 14.9. The Hall–Kier alpha value is -2.55. The second-order valence-corrected chi connectivity index (χ2v) is 5.89. The Labute approximate surface area is 129 Å². The van der Waals surface area contributed by atoms with E-state index < -0.39 is 0 Å². The molecule has 0 amide bonds. The number of anilines is 1. The lowest BCUT2D eigenvalue weighted by atomic mass is 9.88. The number of hydrogen-bond acceptors (Lipinski definition) is 2. The first-order chi connectivity index (χ1) is 10.8. The van der Waals surface area contributed by atoms with E-state index >= 15 is 0 Å². The molecule has 1 unspecified atom stereocenters. The minimum Gasteiger partial charge on any atom is -0.365 e. The molecule has 0 bridgehead atoms. The highest BCUT2D eigenvalue weighted by Crippen LogP contribution is 2.32. The summed E-state index contributed by atoms with van der Waals surface area (Å²) in [5.74, 6) is 0.797. The van der Waals surface area contributed by atoms with Crippen LogP contribution in [0.5, 0.6) is 0 Å². The Balaban J connectivity index is 1.72. The molecular formula is C19H18N2O.